The number of hydrogen-bond donors (Lipinski definition) is 4. The molecule has 0 aromatic carbocycles. The molecule has 0 aromatic heterocycles. The fourth-order valence-corrected chi connectivity index (χ4v) is 0.187. The highest BCUT2D eigenvalue weighted by molar-refractivity contribution is 4.51. The van der Waals surface area contributed by atoms with Crippen molar-refractivity contribution in [2.45, 2.75) is 26.4 Å². The van der Waals surface area contributed by atoms with Gasteiger partial charge < -0.3 is 20.4 Å². The third kappa shape index (κ3) is 82.9. The van der Waals surface area contributed by atoms with E-state index < -0.39 is 0 Å². The fourth-order valence-electron chi connectivity index (χ4n) is 0.187. The van der Waals surface area contributed by atoms with E-state index >= 15 is 0 Å². The van der Waals surface area contributed by atoms with Gasteiger partial charge in [-0.2, -0.15) is 0 Å². The van der Waals surface area contributed by atoms with Gasteiger partial charge in [0, 0.05) is 6.61 Å². The minimum Gasteiger partial charge on any atom is -0.396 e. The van der Waals surface area contributed by atoms with Crippen LogP contribution in [0.5, 0.6) is 0 Å². The van der Waals surface area contributed by atoms with Crippen molar-refractivity contribution < 1.29 is 20.4 Å². The highest BCUT2D eigenvalue weighted by Crippen LogP contribution is 1.83. The second-order valence-electron chi connectivity index (χ2n) is 2.22. The minimum absolute atomic E-state index is 0.0810. The Bertz CT molecular complexity index is 72.0. The zero-order valence-corrected chi connectivity index (χ0v) is 8.48. The predicted octanol–water partition coefficient (Wildman–Crippen LogP) is -0.0871. The topological polar surface area (TPSA) is 80.9 Å². The van der Waals surface area contributed by atoms with Crippen molar-refractivity contribution in [3.05, 3.63) is 12.7 Å². The van der Waals surface area contributed by atoms with Crippen LogP contribution in [0.25, 0.3) is 0 Å². The molecular formula is C9H22O4. The van der Waals surface area contributed by atoms with E-state index in [1.165, 1.54) is 0 Å². The van der Waals surface area contributed by atoms with E-state index in [2.05, 4.69) is 6.58 Å². The molecule has 0 bridgehead atoms. The Morgan fingerprint density at radius 2 is 1.46 bits per heavy atom. The predicted molar refractivity (Wildman–Crippen MR) is 53.4 cm³/mol. The molecule has 0 saturated carbocycles. The summed E-state index contributed by atoms with van der Waals surface area (Å²) in [5.74, 6) is 0. The highest BCUT2D eigenvalue weighted by atomic mass is 16.3. The first-order chi connectivity index (χ1) is 6.10. The fraction of sp³-hybridized carbons (Fsp3) is 0.778. The number of hydrogen-bond acceptors (Lipinski definition) is 4. The van der Waals surface area contributed by atoms with Crippen molar-refractivity contribution in [3.63, 3.8) is 0 Å². The van der Waals surface area contributed by atoms with Crippen LogP contribution in [0, 0.1) is 0 Å². The van der Waals surface area contributed by atoms with Gasteiger partial charge in [-0.25, -0.2) is 0 Å². The lowest BCUT2D eigenvalue weighted by Gasteiger charge is -1.95. The first-order valence-corrected chi connectivity index (χ1v) is 4.18. The summed E-state index contributed by atoms with van der Waals surface area (Å²) in [7, 11) is 0. The normalized spacial score (nSPS) is 10.0. The molecule has 1 atom stereocenters. The summed E-state index contributed by atoms with van der Waals surface area (Å²) in [6.45, 7) is 6.73. The molecule has 4 heteroatoms. The molecule has 0 spiro atoms. The van der Waals surface area contributed by atoms with Crippen LogP contribution < -0.4 is 0 Å². The van der Waals surface area contributed by atoms with Gasteiger partial charge in [0.1, 0.15) is 0 Å². The molecule has 4 nitrogen and oxygen atoms in total. The maximum absolute atomic E-state index is 8.39. The van der Waals surface area contributed by atoms with Gasteiger partial charge in [-0.1, -0.05) is 6.08 Å². The molecule has 0 saturated heterocycles. The zero-order chi connectivity index (χ0) is 11.1. The summed E-state index contributed by atoms with van der Waals surface area (Å²) in [5.41, 5.74) is 0. The Kier molecular flexibility index (Phi) is 31.9. The maximum Gasteiger partial charge on any atom is 0.0662 e. The van der Waals surface area contributed by atoms with Gasteiger partial charge >= 0.3 is 0 Å². The van der Waals surface area contributed by atoms with Crippen molar-refractivity contribution in [3.8, 4) is 0 Å². The van der Waals surface area contributed by atoms with Crippen molar-refractivity contribution in [1.29, 1.82) is 0 Å². The van der Waals surface area contributed by atoms with E-state index in [1.807, 2.05) is 6.92 Å². The molecule has 0 fully saturated rings. The molecule has 0 aliphatic carbocycles. The van der Waals surface area contributed by atoms with E-state index in [1.54, 1.807) is 13.0 Å². The molecular weight excluding hydrogens is 172 g/mol. The second-order valence-corrected chi connectivity index (χ2v) is 2.22. The van der Waals surface area contributed by atoms with Gasteiger partial charge in [0.2, 0.25) is 0 Å². The van der Waals surface area contributed by atoms with Crippen molar-refractivity contribution >= 4 is 0 Å². The smallest absolute Gasteiger partial charge is 0.0662 e. The SMILES string of the molecule is C=CC.CC(O)CCO.OCCO. The van der Waals surface area contributed by atoms with Crippen LogP contribution in [0.4, 0.5) is 0 Å². The second kappa shape index (κ2) is 22.6. The van der Waals surface area contributed by atoms with Gasteiger partial charge in [-0.3, -0.25) is 0 Å². The summed E-state index contributed by atoms with van der Waals surface area (Å²) in [6, 6.07) is 0. The maximum atomic E-state index is 8.39. The minimum atomic E-state index is -0.352. The third-order valence-corrected chi connectivity index (χ3v) is 0.647. The summed E-state index contributed by atoms with van der Waals surface area (Å²) in [4.78, 5) is 0. The van der Waals surface area contributed by atoms with Gasteiger partial charge in [-0.05, 0) is 20.3 Å². The monoisotopic (exact) mass is 194 g/mol. The van der Waals surface area contributed by atoms with Crippen molar-refractivity contribution in [1.82, 2.24) is 0 Å². The van der Waals surface area contributed by atoms with E-state index in [0.717, 1.165) is 0 Å². The largest absolute Gasteiger partial charge is 0.396 e. The van der Waals surface area contributed by atoms with Crippen LogP contribution in [0.3, 0.4) is 0 Å². The van der Waals surface area contributed by atoms with Crippen LogP contribution in [-0.4, -0.2) is 46.4 Å². The lowest BCUT2D eigenvalue weighted by Crippen LogP contribution is -2.00. The summed E-state index contributed by atoms with van der Waals surface area (Å²) >= 11 is 0. The molecule has 0 aliphatic heterocycles. The molecule has 0 rings (SSSR count). The Labute approximate surface area is 80.2 Å². The lowest BCUT2D eigenvalue weighted by molar-refractivity contribution is 0.148. The Morgan fingerprint density at radius 1 is 1.15 bits per heavy atom. The molecule has 0 aromatic rings. The Balaban J connectivity index is -0.000000125. The number of aliphatic hydroxyl groups is 4. The van der Waals surface area contributed by atoms with Gasteiger partial charge in [0.15, 0.2) is 0 Å². The van der Waals surface area contributed by atoms with E-state index in [-0.39, 0.29) is 25.9 Å². The summed E-state index contributed by atoms with van der Waals surface area (Å²) in [5, 5.41) is 31.7. The first-order valence-electron chi connectivity index (χ1n) is 4.18. The lowest BCUT2D eigenvalue weighted by atomic mass is 10.3. The van der Waals surface area contributed by atoms with Gasteiger partial charge in [0.25, 0.3) is 0 Å². The van der Waals surface area contributed by atoms with E-state index in [4.69, 9.17) is 20.4 Å². The standard InChI is InChI=1S/C4H10O2.C3H6.C2H6O2/c1-4(6)2-3-5;1-3-2;3-1-2-4/h4-6H,2-3H2,1H3;3H,1H2,2H3;3-4H,1-2H2. The molecule has 13 heavy (non-hydrogen) atoms. The Morgan fingerprint density at radius 3 is 1.46 bits per heavy atom. The van der Waals surface area contributed by atoms with Gasteiger partial charge in [0.05, 0.1) is 19.3 Å². The average molecular weight is 194 g/mol. The molecule has 0 aliphatic rings. The quantitative estimate of drug-likeness (QED) is 0.473. The number of allylic oxidation sites excluding steroid dienone is 1. The average Bonchev–Trinajstić information content (AvgIpc) is 2.06. The molecule has 0 amide bonds. The third-order valence-electron chi connectivity index (χ3n) is 0.647. The van der Waals surface area contributed by atoms with Crippen molar-refractivity contribution in [2.24, 2.45) is 0 Å². The van der Waals surface area contributed by atoms with E-state index in [0.29, 0.717) is 6.42 Å². The Hall–Kier alpha value is -0.420. The molecule has 4 N–H and O–H groups in total. The molecule has 0 heterocycles. The highest BCUT2D eigenvalue weighted by Gasteiger charge is 1.88. The number of rotatable bonds is 3. The number of aliphatic hydroxyl groups excluding tert-OH is 4. The van der Waals surface area contributed by atoms with Crippen LogP contribution in [0.2, 0.25) is 0 Å². The summed E-state index contributed by atoms with van der Waals surface area (Å²) in [6.07, 6.45) is 1.88. The molecule has 0 radical (unpaired) electrons. The first kappa shape index (κ1) is 18.4. The van der Waals surface area contributed by atoms with Crippen LogP contribution in [0.15, 0.2) is 12.7 Å². The molecule has 82 valence electrons. The van der Waals surface area contributed by atoms with Crippen LogP contribution in [-0.2, 0) is 0 Å². The molecule has 1 unspecified atom stereocenters. The van der Waals surface area contributed by atoms with Crippen LogP contribution >= 0.6 is 0 Å². The summed E-state index contributed by atoms with van der Waals surface area (Å²) < 4.78 is 0. The van der Waals surface area contributed by atoms with E-state index in [9.17, 15) is 0 Å². The zero-order valence-electron chi connectivity index (χ0n) is 8.48. The van der Waals surface area contributed by atoms with Gasteiger partial charge in [-0.15, -0.1) is 6.58 Å². The van der Waals surface area contributed by atoms with Crippen molar-refractivity contribution in [2.75, 3.05) is 19.8 Å². The van der Waals surface area contributed by atoms with Crippen LogP contribution in [0.1, 0.15) is 20.3 Å².